The molecule has 41 heavy (non-hydrogen) atoms. The quantitative estimate of drug-likeness (QED) is 0.251. The second-order valence-electron chi connectivity index (χ2n) is 9.06. The first-order valence-corrected chi connectivity index (χ1v) is 13.4. The predicted molar refractivity (Wildman–Crippen MR) is 146 cm³/mol. The highest BCUT2D eigenvalue weighted by atomic mass is 32.2. The van der Waals surface area contributed by atoms with E-state index in [2.05, 4.69) is 20.9 Å². The maximum Gasteiger partial charge on any atom is 0.407 e. The van der Waals surface area contributed by atoms with Gasteiger partial charge in [0.25, 0.3) is 5.91 Å². The Morgan fingerprint density at radius 1 is 1.10 bits per heavy atom. The van der Waals surface area contributed by atoms with Crippen LogP contribution in [0.25, 0.3) is 11.0 Å². The average molecular weight is 581 g/mol. The van der Waals surface area contributed by atoms with Crippen LogP contribution in [-0.2, 0) is 19.1 Å². The van der Waals surface area contributed by atoms with E-state index in [-0.39, 0.29) is 23.6 Å². The molecule has 3 aromatic rings. The van der Waals surface area contributed by atoms with Gasteiger partial charge >= 0.3 is 23.8 Å². The zero-order valence-corrected chi connectivity index (χ0v) is 22.3. The Morgan fingerprint density at radius 3 is 2.51 bits per heavy atom. The molecule has 1 fully saturated rings. The van der Waals surface area contributed by atoms with E-state index in [1.807, 2.05) is 0 Å². The van der Waals surface area contributed by atoms with Crippen LogP contribution >= 0.6 is 11.8 Å². The summed E-state index contributed by atoms with van der Waals surface area (Å²) < 4.78 is 5.84. The Bertz CT molecular complexity index is 1650. The summed E-state index contributed by atoms with van der Waals surface area (Å²) >= 11 is 1.20. The van der Waals surface area contributed by atoms with Gasteiger partial charge in [0.1, 0.15) is 29.8 Å². The number of carbonyl (C=O) groups is 5. The number of carbonyl (C=O) groups excluding carboxylic acids is 4. The molecule has 4 amide bonds. The normalized spacial score (nSPS) is 18.7. The van der Waals surface area contributed by atoms with Crippen LogP contribution in [0.4, 0.5) is 9.59 Å². The molecule has 0 saturated carbocycles. The van der Waals surface area contributed by atoms with Crippen molar-refractivity contribution < 1.29 is 33.8 Å². The maximum atomic E-state index is 13.5. The summed E-state index contributed by atoms with van der Waals surface area (Å²) in [6.07, 6.45) is -0.752. The van der Waals surface area contributed by atoms with Crippen molar-refractivity contribution in [3.8, 4) is 0 Å². The van der Waals surface area contributed by atoms with Crippen LogP contribution in [0.1, 0.15) is 11.6 Å². The number of amides is 4. The van der Waals surface area contributed by atoms with E-state index >= 15 is 0 Å². The summed E-state index contributed by atoms with van der Waals surface area (Å²) in [6.45, 7) is -0.322. The molecular weight excluding hydrogens is 556 g/mol. The maximum absolute atomic E-state index is 13.5. The Balaban J connectivity index is 1.36. The first kappa shape index (κ1) is 27.5. The number of thioether (sulfide) groups is 1. The molecular formula is C26H24N6O8S. The Labute approximate surface area is 235 Å². The van der Waals surface area contributed by atoms with Gasteiger partial charge < -0.3 is 30.8 Å². The largest absolute Gasteiger partial charge is 0.477 e. The molecule has 0 spiro atoms. The van der Waals surface area contributed by atoms with Crippen molar-refractivity contribution in [1.29, 1.82) is 0 Å². The number of H-pyrrole nitrogens is 1. The van der Waals surface area contributed by atoms with Gasteiger partial charge in [0.2, 0.25) is 5.91 Å². The number of hydrogen-bond acceptors (Lipinski definition) is 8. The van der Waals surface area contributed by atoms with Crippen LogP contribution < -0.4 is 21.6 Å². The number of imidazole rings is 1. The second-order valence-corrected chi connectivity index (χ2v) is 10.2. The van der Waals surface area contributed by atoms with Crippen LogP contribution in [0.5, 0.6) is 0 Å². The number of ether oxygens (including phenoxy) is 1. The number of hydrogen-bond donors (Lipinski definition) is 5. The van der Waals surface area contributed by atoms with Gasteiger partial charge in [-0.3, -0.25) is 14.5 Å². The molecule has 1 aromatic heterocycles. The van der Waals surface area contributed by atoms with E-state index in [4.69, 9.17) is 4.74 Å². The highest BCUT2D eigenvalue weighted by Gasteiger charge is 2.54. The topological polar surface area (TPSA) is 192 Å². The summed E-state index contributed by atoms with van der Waals surface area (Å²) in [7, 11) is 1.36. The summed E-state index contributed by atoms with van der Waals surface area (Å²) in [5.74, 6) is -2.63. The number of rotatable bonds is 7. The molecule has 15 heteroatoms. The lowest BCUT2D eigenvalue weighted by Crippen LogP contribution is -2.71. The van der Waals surface area contributed by atoms with Crippen molar-refractivity contribution in [2.45, 2.75) is 17.5 Å². The number of aliphatic carboxylic acids is 1. The molecule has 0 aliphatic carbocycles. The monoisotopic (exact) mass is 580 g/mol. The minimum atomic E-state index is -1.37. The van der Waals surface area contributed by atoms with Gasteiger partial charge in [0.15, 0.2) is 0 Å². The number of carboxylic acid groups (broad SMARTS) is 1. The average Bonchev–Trinajstić information content (AvgIpc) is 3.32. The van der Waals surface area contributed by atoms with E-state index in [0.717, 1.165) is 9.47 Å². The molecule has 0 radical (unpaired) electrons. The van der Waals surface area contributed by atoms with E-state index in [9.17, 15) is 33.9 Å². The summed E-state index contributed by atoms with van der Waals surface area (Å²) in [5.41, 5.74) is 0.383. The van der Waals surface area contributed by atoms with Crippen molar-refractivity contribution in [1.82, 2.24) is 30.4 Å². The number of nitrogens with one attached hydrogen (secondary N) is 4. The number of benzene rings is 2. The summed E-state index contributed by atoms with van der Waals surface area (Å²) in [5, 5.41) is 16.5. The Kier molecular flexibility index (Phi) is 7.52. The highest BCUT2D eigenvalue weighted by Crippen LogP contribution is 2.40. The van der Waals surface area contributed by atoms with Crippen molar-refractivity contribution in [2.24, 2.45) is 0 Å². The zero-order valence-electron chi connectivity index (χ0n) is 21.5. The van der Waals surface area contributed by atoms with Crippen LogP contribution in [-0.4, -0.2) is 80.3 Å². The molecule has 1 saturated heterocycles. The van der Waals surface area contributed by atoms with Gasteiger partial charge in [0.05, 0.1) is 11.0 Å². The van der Waals surface area contributed by atoms with Crippen LogP contribution in [0.15, 0.2) is 70.7 Å². The minimum absolute atomic E-state index is 0.141. The zero-order chi connectivity index (χ0) is 29.3. The SMILES string of the molecule is CNC(=O)OCC1=C(C(=O)O)N2C(=O)C(NC(=O)C(NC(=O)n3c(=O)[nH]c4ccccc43)c3ccccc3)[C@@H]2SC1. The molecule has 2 unspecified atom stereocenters. The lowest BCUT2D eigenvalue weighted by Gasteiger charge is -2.49. The molecule has 212 valence electrons. The lowest BCUT2D eigenvalue weighted by atomic mass is 10.0. The summed E-state index contributed by atoms with van der Waals surface area (Å²) in [6, 6.07) is 11.6. The predicted octanol–water partition coefficient (Wildman–Crippen LogP) is 0.723. The molecule has 2 aliphatic heterocycles. The van der Waals surface area contributed by atoms with Crippen LogP contribution in [0.3, 0.4) is 0 Å². The van der Waals surface area contributed by atoms with E-state index in [1.165, 1.54) is 18.8 Å². The number of nitrogens with zero attached hydrogens (tertiary/aromatic N) is 2. The van der Waals surface area contributed by atoms with Crippen molar-refractivity contribution >= 4 is 52.7 Å². The number of fused-ring (bicyclic) bond motifs is 2. The number of aromatic nitrogens is 2. The number of para-hydroxylation sites is 2. The van der Waals surface area contributed by atoms with Gasteiger partial charge in [-0.1, -0.05) is 42.5 Å². The fourth-order valence-electron chi connectivity index (χ4n) is 4.65. The van der Waals surface area contributed by atoms with Gasteiger partial charge in [-0.25, -0.2) is 23.7 Å². The number of alkyl carbamates (subject to hydrolysis) is 1. The minimum Gasteiger partial charge on any atom is -0.477 e. The standard InChI is InChI=1S/C26H24N6O8S/c1-27-26(39)40-11-14-12-41-22-18(21(34)32(22)19(14)23(35)36)29-20(33)17(13-7-3-2-4-8-13)30-25(38)31-16-10-6-5-9-15(16)28-24(31)37/h2-10,17-18,22H,11-12H2,1H3,(H,27,39)(H,28,37)(H,29,33)(H,30,38)(H,35,36)/t17?,18?,22-/m0/s1. The molecule has 5 rings (SSSR count). The van der Waals surface area contributed by atoms with Gasteiger partial charge in [-0.2, -0.15) is 0 Å². The molecule has 2 aromatic carbocycles. The fraction of sp³-hybridized carbons (Fsp3) is 0.231. The molecule has 3 heterocycles. The van der Waals surface area contributed by atoms with E-state index in [0.29, 0.717) is 16.6 Å². The molecule has 14 nitrogen and oxygen atoms in total. The molecule has 5 N–H and O–H groups in total. The third-order valence-corrected chi connectivity index (χ3v) is 7.92. The molecule has 0 bridgehead atoms. The van der Waals surface area contributed by atoms with Gasteiger partial charge in [-0.15, -0.1) is 11.8 Å². The van der Waals surface area contributed by atoms with E-state index < -0.39 is 53.1 Å². The first-order chi connectivity index (χ1) is 19.7. The molecule has 2 aliphatic rings. The van der Waals surface area contributed by atoms with E-state index in [1.54, 1.807) is 54.6 Å². The first-order valence-electron chi connectivity index (χ1n) is 12.3. The number of β-lactam (4-membered cyclic amide) rings is 1. The third-order valence-electron chi connectivity index (χ3n) is 6.58. The highest BCUT2D eigenvalue weighted by molar-refractivity contribution is 8.00. The van der Waals surface area contributed by atoms with Crippen molar-refractivity contribution in [2.75, 3.05) is 19.4 Å². The van der Waals surface area contributed by atoms with Crippen molar-refractivity contribution in [3.05, 3.63) is 81.9 Å². The lowest BCUT2D eigenvalue weighted by molar-refractivity contribution is -0.151. The van der Waals surface area contributed by atoms with Crippen molar-refractivity contribution in [3.63, 3.8) is 0 Å². The van der Waals surface area contributed by atoms with Gasteiger partial charge in [0, 0.05) is 18.4 Å². The Hall–Kier alpha value is -5.05. The van der Waals surface area contributed by atoms with Crippen LogP contribution in [0.2, 0.25) is 0 Å². The smallest absolute Gasteiger partial charge is 0.407 e. The third kappa shape index (κ3) is 5.14. The second kappa shape index (κ2) is 11.2. The fourth-order valence-corrected chi connectivity index (χ4v) is 5.97. The Morgan fingerprint density at radius 2 is 1.80 bits per heavy atom. The van der Waals surface area contributed by atoms with Crippen LogP contribution in [0, 0.1) is 0 Å². The molecule has 3 atom stereocenters. The number of aromatic amines is 1. The summed E-state index contributed by atoms with van der Waals surface area (Å²) in [4.78, 5) is 79.5. The van der Waals surface area contributed by atoms with Gasteiger partial charge in [-0.05, 0) is 17.7 Å². The number of carboxylic acids is 1.